The number of aryl methyl sites for hydroxylation is 1. The van der Waals surface area contributed by atoms with Gasteiger partial charge in [-0.1, -0.05) is 13.3 Å². The molecule has 2 rings (SSSR count). The van der Waals surface area contributed by atoms with Crippen LogP contribution in [0.1, 0.15) is 55.1 Å². The van der Waals surface area contributed by atoms with E-state index in [4.69, 9.17) is 0 Å². The van der Waals surface area contributed by atoms with E-state index in [1.807, 2.05) is 14.0 Å². The van der Waals surface area contributed by atoms with Crippen molar-refractivity contribution in [3.63, 3.8) is 0 Å². The molecule has 1 aromatic rings. The molecule has 1 aliphatic carbocycles. The van der Waals surface area contributed by atoms with E-state index in [2.05, 4.69) is 17.3 Å². The van der Waals surface area contributed by atoms with E-state index in [0.29, 0.717) is 12.1 Å². The lowest BCUT2D eigenvalue weighted by Gasteiger charge is -2.35. The molecule has 5 nitrogen and oxygen atoms in total. The number of nitrogens with zero attached hydrogens (tertiary/aromatic N) is 2. The van der Waals surface area contributed by atoms with Gasteiger partial charge in [0.1, 0.15) is 0 Å². The van der Waals surface area contributed by atoms with Gasteiger partial charge in [-0.05, 0) is 38.5 Å². The first-order valence-corrected chi connectivity index (χ1v) is 7.44. The summed E-state index contributed by atoms with van der Waals surface area (Å²) >= 11 is 0. The summed E-state index contributed by atoms with van der Waals surface area (Å²) in [5.74, 6) is 0.577. The van der Waals surface area contributed by atoms with Crippen LogP contribution in [-0.2, 0) is 7.05 Å². The van der Waals surface area contributed by atoms with Crippen molar-refractivity contribution in [3.05, 3.63) is 17.5 Å². The molecule has 0 aromatic carbocycles. The Kier molecular flexibility index (Phi) is 4.48. The zero-order valence-electron chi connectivity index (χ0n) is 12.6. The number of nitrogens with one attached hydrogen (secondary N) is 1. The minimum Gasteiger partial charge on any atom is -0.388 e. The molecule has 0 saturated heterocycles. The number of carbonyl (C=O) groups is 1. The van der Waals surface area contributed by atoms with E-state index in [9.17, 15) is 9.90 Å². The van der Waals surface area contributed by atoms with E-state index >= 15 is 0 Å². The highest BCUT2D eigenvalue weighted by molar-refractivity contribution is 5.95. The number of amides is 1. The Morgan fingerprint density at radius 1 is 1.55 bits per heavy atom. The van der Waals surface area contributed by atoms with Crippen LogP contribution in [-0.4, -0.2) is 32.9 Å². The molecule has 2 N–H and O–H groups in total. The van der Waals surface area contributed by atoms with E-state index in [1.54, 1.807) is 10.9 Å². The normalized spacial score (nSPS) is 26.5. The van der Waals surface area contributed by atoms with E-state index in [-0.39, 0.29) is 5.91 Å². The molecule has 1 amide bonds. The minimum atomic E-state index is -0.739. The van der Waals surface area contributed by atoms with Gasteiger partial charge >= 0.3 is 0 Å². The summed E-state index contributed by atoms with van der Waals surface area (Å²) in [6.45, 7) is 4.39. The summed E-state index contributed by atoms with van der Waals surface area (Å²) in [4.78, 5) is 12.1. The van der Waals surface area contributed by atoms with Crippen molar-refractivity contribution in [2.24, 2.45) is 13.0 Å². The second-order valence-electron chi connectivity index (χ2n) is 6.03. The van der Waals surface area contributed by atoms with Gasteiger partial charge in [-0.2, -0.15) is 5.10 Å². The second-order valence-corrected chi connectivity index (χ2v) is 6.03. The van der Waals surface area contributed by atoms with Crippen LogP contribution in [0.25, 0.3) is 0 Å². The van der Waals surface area contributed by atoms with Crippen molar-refractivity contribution in [1.29, 1.82) is 0 Å². The van der Waals surface area contributed by atoms with Gasteiger partial charge in [0.2, 0.25) is 0 Å². The summed E-state index contributed by atoms with van der Waals surface area (Å²) < 4.78 is 1.68. The molecule has 0 bridgehead atoms. The molecule has 1 aromatic heterocycles. The molecular weight excluding hydrogens is 254 g/mol. The highest BCUT2D eigenvalue weighted by Gasteiger charge is 2.33. The van der Waals surface area contributed by atoms with Gasteiger partial charge in [0.25, 0.3) is 5.91 Å². The van der Waals surface area contributed by atoms with Crippen molar-refractivity contribution >= 4 is 5.91 Å². The summed E-state index contributed by atoms with van der Waals surface area (Å²) in [5, 5.41) is 17.4. The van der Waals surface area contributed by atoms with Crippen LogP contribution >= 0.6 is 0 Å². The maximum atomic E-state index is 12.1. The number of aromatic nitrogens is 2. The molecule has 1 aliphatic rings. The minimum absolute atomic E-state index is 0.151. The third-order valence-corrected chi connectivity index (χ3v) is 4.67. The lowest BCUT2D eigenvalue weighted by molar-refractivity contribution is -0.00787. The third kappa shape index (κ3) is 3.20. The van der Waals surface area contributed by atoms with Crippen molar-refractivity contribution in [1.82, 2.24) is 15.1 Å². The average Bonchev–Trinajstić information content (AvgIpc) is 2.78. The van der Waals surface area contributed by atoms with Crippen molar-refractivity contribution < 1.29 is 9.90 Å². The molecule has 20 heavy (non-hydrogen) atoms. The van der Waals surface area contributed by atoms with Crippen molar-refractivity contribution in [3.8, 4) is 0 Å². The van der Waals surface area contributed by atoms with Crippen LogP contribution in [0.2, 0.25) is 0 Å². The largest absolute Gasteiger partial charge is 0.388 e. The molecule has 0 radical (unpaired) electrons. The Labute approximate surface area is 120 Å². The van der Waals surface area contributed by atoms with Crippen LogP contribution in [0.4, 0.5) is 0 Å². The molecule has 1 heterocycles. The fourth-order valence-electron chi connectivity index (χ4n) is 2.86. The number of carbonyl (C=O) groups excluding carboxylic acids is 1. The molecule has 5 heteroatoms. The van der Waals surface area contributed by atoms with E-state index in [0.717, 1.165) is 37.3 Å². The first-order valence-electron chi connectivity index (χ1n) is 7.44. The highest BCUT2D eigenvalue weighted by Crippen LogP contribution is 2.33. The molecule has 0 spiro atoms. The fraction of sp³-hybridized carbons (Fsp3) is 0.733. The number of hydrogen-bond acceptors (Lipinski definition) is 3. The summed E-state index contributed by atoms with van der Waals surface area (Å²) in [6.07, 6.45) is 6.40. The average molecular weight is 279 g/mol. The Hall–Kier alpha value is -1.36. The lowest BCUT2D eigenvalue weighted by Crippen LogP contribution is -2.45. The monoisotopic (exact) mass is 279 g/mol. The quantitative estimate of drug-likeness (QED) is 0.883. The lowest BCUT2D eigenvalue weighted by atomic mass is 9.78. The fourth-order valence-corrected chi connectivity index (χ4v) is 2.86. The first-order chi connectivity index (χ1) is 9.45. The van der Waals surface area contributed by atoms with Crippen LogP contribution < -0.4 is 5.32 Å². The third-order valence-electron chi connectivity index (χ3n) is 4.67. The van der Waals surface area contributed by atoms with Crippen LogP contribution in [0.3, 0.4) is 0 Å². The van der Waals surface area contributed by atoms with Gasteiger partial charge < -0.3 is 10.4 Å². The Balaban J connectivity index is 1.89. The zero-order valence-corrected chi connectivity index (χ0v) is 12.6. The number of aliphatic hydroxyl groups is 1. The maximum absolute atomic E-state index is 12.1. The Bertz CT molecular complexity index is 473. The number of rotatable bonds is 4. The summed E-state index contributed by atoms with van der Waals surface area (Å²) in [5.41, 5.74) is 0.680. The standard InChI is InChI=1S/C15H25N3O2/c1-4-12-5-7-15(20,8-6-12)10-16-14(19)13-9-17-18(3)11(13)2/h9,12,20H,4-8,10H2,1-3H3,(H,16,19). The molecule has 112 valence electrons. The maximum Gasteiger partial charge on any atom is 0.254 e. The second kappa shape index (κ2) is 5.95. The van der Waals surface area contributed by atoms with Gasteiger partial charge in [0.05, 0.1) is 17.4 Å². The molecule has 0 aliphatic heterocycles. The number of hydrogen-bond donors (Lipinski definition) is 2. The van der Waals surface area contributed by atoms with Crippen molar-refractivity contribution in [2.45, 2.75) is 51.6 Å². The highest BCUT2D eigenvalue weighted by atomic mass is 16.3. The Morgan fingerprint density at radius 2 is 2.20 bits per heavy atom. The SMILES string of the molecule is CCC1CCC(O)(CNC(=O)c2cnn(C)c2C)CC1. The topological polar surface area (TPSA) is 67.2 Å². The van der Waals surface area contributed by atoms with Gasteiger partial charge in [-0.3, -0.25) is 9.48 Å². The van der Waals surface area contributed by atoms with Gasteiger partial charge in [0.15, 0.2) is 0 Å². The molecule has 0 atom stereocenters. The van der Waals surface area contributed by atoms with Gasteiger partial charge in [0, 0.05) is 19.3 Å². The smallest absolute Gasteiger partial charge is 0.254 e. The van der Waals surface area contributed by atoms with E-state index in [1.165, 1.54) is 6.42 Å². The van der Waals surface area contributed by atoms with Gasteiger partial charge in [-0.15, -0.1) is 0 Å². The van der Waals surface area contributed by atoms with Crippen molar-refractivity contribution in [2.75, 3.05) is 6.54 Å². The Morgan fingerprint density at radius 3 is 2.70 bits per heavy atom. The van der Waals surface area contributed by atoms with Crippen LogP contribution in [0.15, 0.2) is 6.20 Å². The van der Waals surface area contributed by atoms with Crippen LogP contribution in [0.5, 0.6) is 0 Å². The molecule has 1 saturated carbocycles. The predicted octanol–water partition coefficient (Wildman–Crippen LogP) is 1.79. The predicted molar refractivity (Wildman–Crippen MR) is 77.5 cm³/mol. The van der Waals surface area contributed by atoms with Crippen LogP contribution in [0, 0.1) is 12.8 Å². The molecular formula is C15H25N3O2. The summed E-state index contributed by atoms with van der Waals surface area (Å²) in [7, 11) is 1.81. The summed E-state index contributed by atoms with van der Waals surface area (Å²) in [6, 6.07) is 0. The molecule has 0 unspecified atom stereocenters. The molecule has 1 fully saturated rings. The zero-order chi connectivity index (χ0) is 14.8. The van der Waals surface area contributed by atoms with E-state index < -0.39 is 5.60 Å². The van der Waals surface area contributed by atoms with Gasteiger partial charge in [-0.25, -0.2) is 0 Å². The first kappa shape index (κ1) is 15.0.